The van der Waals surface area contributed by atoms with Gasteiger partial charge in [-0.3, -0.25) is 0 Å². The highest BCUT2D eigenvalue weighted by atomic mass is 15.1. The van der Waals surface area contributed by atoms with Crippen molar-refractivity contribution in [2.24, 2.45) is 17.8 Å². The first-order valence-corrected chi connectivity index (χ1v) is 22.0. The van der Waals surface area contributed by atoms with E-state index in [0.717, 1.165) is 5.92 Å². The van der Waals surface area contributed by atoms with Gasteiger partial charge in [-0.15, -0.1) is 0 Å². The number of fused-ring (bicyclic) bond motifs is 9. The van der Waals surface area contributed by atoms with Crippen LogP contribution >= 0.6 is 0 Å². The van der Waals surface area contributed by atoms with Crippen molar-refractivity contribution in [3.05, 3.63) is 174 Å². The average molecular weight is 738 g/mol. The number of benzene rings is 7. The molecular formula is C56H51N. The molecule has 0 radical (unpaired) electrons. The molecule has 2 bridgehead atoms. The first-order chi connectivity index (χ1) is 28.2. The van der Waals surface area contributed by atoms with E-state index in [-0.39, 0.29) is 10.8 Å². The Labute approximate surface area is 338 Å². The van der Waals surface area contributed by atoms with Crippen LogP contribution < -0.4 is 4.90 Å². The Bertz CT molecular complexity index is 2690. The molecule has 0 aromatic heterocycles. The van der Waals surface area contributed by atoms with Crippen molar-refractivity contribution in [2.75, 3.05) is 4.90 Å². The first kappa shape index (κ1) is 33.7. The molecule has 0 N–H and O–H groups in total. The Morgan fingerprint density at radius 2 is 1.18 bits per heavy atom. The van der Waals surface area contributed by atoms with Crippen LogP contribution in [0, 0.1) is 17.8 Å². The summed E-state index contributed by atoms with van der Waals surface area (Å²) in [4.78, 5) is 2.66. The lowest BCUT2D eigenvalue weighted by Gasteiger charge is -2.55. The van der Waals surface area contributed by atoms with Gasteiger partial charge in [-0.05, 0) is 147 Å². The van der Waals surface area contributed by atoms with Crippen LogP contribution in [-0.4, -0.2) is 0 Å². The molecule has 7 aromatic carbocycles. The highest BCUT2D eigenvalue weighted by Gasteiger charge is 2.58. The van der Waals surface area contributed by atoms with Gasteiger partial charge in [0.15, 0.2) is 0 Å². The van der Waals surface area contributed by atoms with Gasteiger partial charge in [0, 0.05) is 27.8 Å². The second-order valence-electron chi connectivity index (χ2n) is 18.2. The predicted octanol–water partition coefficient (Wildman–Crippen LogP) is 15.3. The third-order valence-electron chi connectivity index (χ3n) is 15.7. The third-order valence-corrected chi connectivity index (χ3v) is 15.7. The standard InChI is InChI=1S/C56H51N/c1-2-37-33-40-18-13-19-41(34-37)56(40)50-26-8-6-23-48(50)54-51(56)27-14-28-53(54)57(42-20-11-17-39(35-42)45-24-12-16-38-15-3-4-21-44(38)45)43-29-30-47-46-22-5-7-25-49(46)55(52(47)36-43)31-9-10-32-55/h3-8,11-12,14-17,20-30,35-37,40-41H,2,9-10,13,18-19,31-34H2,1H3. The van der Waals surface area contributed by atoms with E-state index >= 15 is 0 Å². The van der Waals surface area contributed by atoms with Gasteiger partial charge in [-0.2, -0.15) is 0 Å². The van der Waals surface area contributed by atoms with E-state index < -0.39 is 0 Å². The van der Waals surface area contributed by atoms with Crippen LogP contribution in [0.15, 0.2) is 152 Å². The first-order valence-electron chi connectivity index (χ1n) is 22.0. The van der Waals surface area contributed by atoms with E-state index in [2.05, 4.69) is 163 Å². The normalized spacial score (nSPS) is 23.4. The van der Waals surface area contributed by atoms with Crippen molar-refractivity contribution in [3.63, 3.8) is 0 Å². The molecule has 2 atom stereocenters. The number of rotatable bonds is 5. The smallest absolute Gasteiger partial charge is 0.0543 e. The van der Waals surface area contributed by atoms with E-state index in [1.165, 1.54) is 131 Å². The summed E-state index contributed by atoms with van der Waals surface area (Å²) in [6.07, 6.45) is 13.1. The largest absolute Gasteiger partial charge is 0.310 e. The second kappa shape index (κ2) is 12.8. The molecule has 1 nitrogen and oxygen atoms in total. The number of hydrogen-bond donors (Lipinski definition) is 0. The van der Waals surface area contributed by atoms with E-state index in [0.29, 0.717) is 11.8 Å². The molecule has 280 valence electrons. The zero-order chi connectivity index (χ0) is 37.7. The van der Waals surface area contributed by atoms with Gasteiger partial charge >= 0.3 is 0 Å². The minimum absolute atomic E-state index is 0.0931. The van der Waals surface area contributed by atoms with Gasteiger partial charge < -0.3 is 4.90 Å². The quantitative estimate of drug-likeness (QED) is 0.170. The summed E-state index contributed by atoms with van der Waals surface area (Å²) in [6, 6.07) is 58.8. The summed E-state index contributed by atoms with van der Waals surface area (Å²) in [5, 5.41) is 2.58. The highest BCUT2D eigenvalue weighted by Crippen LogP contribution is 2.67. The van der Waals surface area contributed by atoms with Gasteiger partial charge in [-0.25, -0.2) is 0 Å². The Kier molecular flexibility index (Phi) is 7.57. The van der Waals surface area contributed by atoms with Crippen molar-refractivity contribution in [2.45, 2.75) is 82.0 Å². The average Bonchev–Trinajstić information content (AvgIpc) is 3.94. The SMILES string of the molecule is CCC1CC2CCCC(C1)C21c2ccccc2-c2c(N(c3cccc(-c4cccc5ccccc45)c3)c3ccc4c(c3)C3(CCCC3)c3ccccc3-4)cccc21. The maximum Gasteiger partial charge on any atom is 0.0543 e. The Hall–Kier alpha value is -5.40. The monoisotopic (exact) mass is 737 g/mol. The summed E-state index contributed by atoms with van der Waals surface area (Å²) >= 11 is 0. The van der Waals surface area contributed by atoms with Crippen molar-refractivity contribution >= 4 is 27.8 Å². The van der Waals surface area contributed by atoms with E-state index in [9.17, 15) is 0 Å². The Balaban J connectivity index is 1.11. The Morgan fingerprint density at radius 3 is 2.02 bits per heavy atom. The molecule has 57 heavy (non-hydrogen) atoms. The third kappa shape index (κ3) is 4.69. The molecule has 1 heteroatoms. The molecule has 0 aliphatic heterocycles. The topological polar surface area (TPSA) is 3.24 Å². The number of anilines is 3. The molecule has 7 aromatic rings. The molecule has 2 unspecified atom stereocenters. The second-order valence-corrected chi connectivity index (χ2v) is 18.2. The number of nitrogens with zero attached hydrogens (tertiary/aromatic N) is 1. The summed E-state index contributed by atoms with van der Waals surface area (Å²) in [6.45, 7) is 2.43. The van der Waals surface area contributed by atoms with Crippen LogP contribution in [0.4, 0.5) is 17.1 Å². The lowest BCUT2D eigenvalue weighted by Crippen LogP contribution is -2.49. The van der Waals surface area contributed by atoms with Crippen LogP contribution in [0.2, 0.25) is 0 Å². The molecule has 5 aliphatic carbocycles. The van der Waals surface area contributed by atoms with Crippen LogP contribution in [0.5, 0.6) is 0 Å². The Morgan fingerprint density at radius 1 is 0.526 bits per heavy atom. The molecule has 0 saturated heterocycles. The van der Waals surface area contributed by atoms with E-state index in [1.807, 2.05) is 0 Å². The molecule has 0 amide bonds. The fraction of sp³-hybridized carbons (Fsp3) is 0.286. The summed E-state index contributed by atoms with van der Waals surface area (Å²) < 4.78 is 0. The summed E-state index contributed by atoms with van der Waals surface area (Å²) in [5.41, 5.74) is 18.6. The van der Waals surface area contributed by atoms with Crippen LogP contribution in [0.1, 0.15) is 93.4 Å². The zero-order valence-electron chi connectivity index (χ0n) is 33.2. The molecule has 0 heterocycles. The van der Waals surface area contributed by atoms with Gasteiger partial charge in [0.05, 0.1) is 5.69 Å². The molecule has 2 spiro atoms. The minimum Gasteiger partial charge on any atom is -0.310 e. The van der Waals surface area contributed by atoms with E-state index in [4.69, 9.17) is 0 Å². The molecule has 3 fully saturated rings. The maximum atomic E-state index is 2.66. The summed E-state index contributed by atoms with van der Waals surface area (Å²) in [7, 11) is 0. The van der Waals surface area contributed by atoms with Crippen molar-refractivity contribution in [3.8, 4) is 33.4 Å². The van der Waals surface area contributed by atoms with E-state index in [1.54, 1.807) is 16.7 Å². The fourth-order valence-corrected chi connectivity index (χ4v) is 13.5. The predicted molar refractivity (Wildman–Crippen MR) is 239 cm³/mol. The molecular weight excluding hydrogens is 687 g/mol. The molecule has 3 saturated carbocycles. The minimum atomic E-state index is 0.0931. The molecule has 5 aliphatic rings. The van der Waals surface area contributed by atoms with Crippen LogP contribution in [0.3, 0.4) is 0 Å². The fourth-order valence-electron chi connectivity index (χ4n) is 13.5. The van der Waals surface area contributed by atoms with Gasteiger partial charge in [-0.1, -0.05) is 154 Å². The summed E-state index contributed by atoms with van der Waals surface area (Å²) in [5.74, 6) is 2.23. The van der Waals surface area contributed by atoms with Crippen LogP contribution in [-0.2, 0) is 10.8 Å². The maximum absolute atomic E-state index is 2.66. The number of hydrogen-bond acceptors (Lipinski definition) is 1. The lowest BCUT2D eigenvalue weighted by atomic mass is 9.49. The lowest BCUT2D eigenvalue weighted by molar-refractivity contribution is 0.0492. The van der Waals surface area contributed by atoms with Crippen molar-refractivity contribution in [1.82, 2.24) is 0 Å². The van der Waals surface area contributed by atoms with Crippen LogP contribution in [0.25, 0.3) is 44.2 Å². The highest BCUT2D eigenvalue weighted by molar-refractivity contribution is 5.99. The van der Waals surface area contributed by atoms with Gasteiger partial charge in [0.1, 0.15) is 0 Å². The van der Waals surface area contributed by atoms with Crippen molar-refractivity contribution < 1.29 is 0 Å². The van der Waals surface area contributed by atoms with Gasteiger partial charge in [0.2, 0.25) is 0 Å². The zero-order valence-corrected chi connectivity index (χ0v) is 33.2. The van der Waals surface area contributed by atoms with Crippen molar-refractivity contribution in [1.29, 1.82) is 0 Å². The van der Waals surface area contributed by atoms with Gasteiger partial charge in [0.25, 0.3) is 0 Å². The molecule has 12 rings (SSSR count).